The van der Waals surface area contributed by atoms with Crippen LogP contribution in [0.5, 0.6) is 5.75 Å². The zero-order valence-electron chi connectivity index (χ0n) is 13.7. The van der Waals surface area contributed by atoms with E-state index in [1.54, 1.807) is 12.1 Å². The number of carbonyl (C=O) groups is 1. The monoisotopic (exact) mass is 392 g/mol. The van der Waals surface area contributed by atoms with Crippen LogP contribution in [0.15, 0.2) is 58.5 Å². The highest BCUT2D eigenvalue weighted by Gasteiger charge is 2.16. The number of hydrogen-bond donors (Lipinski definition) is 3. The van der Waals surface area contributed by atoms with E-state index in [2.05, 4.69) is 28.1 Å². The van der Waals surface area contributed by atoms with Gasteiger partial charge >= 0.3 is 10.1 Å². The standard InChI is InChI=1S/C16H16N4O4S2/c1-11(21)19-13-5-7-15(8-6-13)26(22,23)24-14-4-2-3-12(9-14)10-18-20-16(17)25/h2-10H,1H3,(H,19,21)(H3,17,20,25)/b18-10-. The Morgan fingerprint density at radius 1 is 1.23 bits per heavy atom. The van der Waals surface area contributed by atoms with Crippen LogP contribution in [0.4, 0.5) is 5.69 Å². The summed E-state index contributed by atoms with van der Waals surface area (Å²) in [5.74, 6) is -0.129. The molecule has 0 radical (unpaired) electrons. The van der Waals surface area contributed by atoms with Gasteiger partial charge in [-0.15, -0.1) is 0 Å². The van der Waals surface area contributed by atoms with Crippen LogP contribution in [0.2, 0.25) is 0 Å². The number of anilines is 1. The van der Waals surface area contributed by atoms with Gasteiger partial charge in [0.2, 0.25) is 5.91 Å². The molecule has 0 bridgehead atoms. The molecule has 8 nitrogen and oxygen atoms in total. The number of nitrogens with one attached hydrogen (secondary N) is 2. The van der Waals surface area contributed by atoms with Gasteiger partial charge in [0.1, 0.15) is 10.6 Å². The number of thiocarbonyl (C=S) groups is 1. The van der Waals surface area contributed by atoms with Gasteiger partial charge in [-0.3, -0.25) is 10.2 Å². The van der Waals surface area contributed by atoms with Gasteiger partial charge in [-0.2, -0.15) is 13.5 Å². The quantitative estimate of drug-likeness (QED) is 0.295. The molecule has 0 aromatic heterocycles. The molecule has 0 atom stereocenters. The summed E-state index contributed by atoms with van der Waals surface area (Å²) < 4.78 is 29.9. The van der Waals surface area contributed by atoms with Crippen molar-refractivity contribution in [2.24, 2.45) is 10.8 Å². The van der Waals surface area contributed by atoms with Crippen molar-refractivity contribution in [2.75, 3.05) is 5.32 Å². The predicted molar refractivity (Wildman–Crippen MR) is 103 cm³/mol. The second-order valence-corrected chi connectivity index (χ2v) is 7.04. The van der Waals surface area contributed by atoms with Crippen LogP contribution < -0.4 is 20.7 Å². The first kappa shape index (κ1) is 19.3. The highest BCUT2D eigenvalue weighted by molar-refractivity contribution is 7.87. The molecule has 0 heterocycles. The first-order valence-electron chi connectivity index (χ1n) is 7.27. The first-order chi connectivity index (χ1) is 12.3. The Balaban J connectivity index is 2.14. The fraction of sp³-hybridized carbons (Fsp3) is 0.0625. The Hall–Kier alpha value is -2.98. The van der Waals surface area contributed by atoms with Crippen LogP contribution in [0.25, 0.3) is 0 Å². The van der Waals surface area contributed by atoms with Crippen LogP contribution in [-0.2, 0) is 14.9 Å². The van der Waals surface area contributed by atoms with Crippen LogP contribution in [0.1, 0.15) is 12.5 Å². The number of nitrogens with zero attached hydrogens (tertiary/aromatic N) is 1. The fourth-order valence-corrected chi connectivity index (χ4v) is 2.88. The summed E-state index contributed by atoms with van der Waals surface area (Å²) in [4.78, 5) is 11.0. The number of benzene rings is 2. The lowest BCUT2D eigenvalue weighted by Crippen LogP contribution is -2.23. The van der Waals surface area contributed by atoms with Gasteiger partial charge in [-0.1, -0.05) is 12.1 Å². The van der Waals surface area contributed by atoms with Gasteiger partial charge in [0, 0.05) is 12.6 Å². The molecule has 136 valence electrons. The molecule has 0 aliphatic rings. The second kappa shape index (κ2) is 8.41. The Kier molecular flexibility index (Phi) is 6.26. The largest absolute Gasteiger partial charge is 0.379 e. The van der Waals surface area contributed by atoms with E-state index in [9.17, 15) is 13.2 Å². The van der Waals surface area contributed by atoms with Gasteiger partial charge in [0.25, 0.3) is 0 Å². The van der Waals surface area contributed by atoms with Crippen molar-refractivity contribution in [3.8, 4) is 5.75 Å². The lowest BCUT2D eigenvalue weighted by Gasteiger charge is -2.08. The third kappa shape index (κ3) is 5.83. The van der Waals surface area contributed by atoms with E-state index in [0.717, 1.165) is 0 Å². The van der Waals surface area contributed by atoms with Crippen LogP contribution >= 0.6 is 12.2 Å². The van der Waals surface area contributed by atoms with Gasteiger partial charge in [-0.25, -0.2) is 0 Å². The first-order valence-corrected chi connectivity index (χ1v) is 9.08. The zero-order valence-corrected chi connectivity index (χ0v) is 15.3. The van der Waals surface area contributed by atoms with Crippen LogP contribution in [0.3, 0.4) is 0 Å². The van der Waals surface area contributed by atoms with Crippen molar-refractivity contribution in [2.45, 2.75) is 11.8 Å². The molecule has 26 heavy (non-hydrogen) atoms. The topological polar surface area (TPSA) is 123 Å². The third-order valence-electron chi connectivity index (χ3n) is 2.92. The van der Waals surface area contributed by atoms with E-state index >= 15 is 0 Å². The highest BCUT2D eigenvalue weighted by Crippen LogP contribution is 2.21. The number of nitrogens with two attached hydrogens (primary N) is 1. The van der Waals surface area contributed by atoms with Crippen molar-refractivity contribution in [1.29, 1.82) is 0 Å². The molecule has 0 fully saturated rings. The smallest absolute Gasteiger partial charge is 0.339 e. The number of rotatable bonds is 6. The van der Waals surface area contributed by atoms with Crippen LogP contribution in [0, 0.1) is 0 Å². The van der Waals surface area contributed by atoms with E-state index in [0.29, 0.717) is 11.3 Å². The molecule has 0 unspecified atom stereocenters. The molecule has 0 saturated heterocycles. The summed E-state index contributed by atoms with van der Waals surface area (Å²) in [6.07, 6.45) is 1.42. The number of hydrazone groups is 1. The van der Waals surface area contributed by atoms with Gasteiger partial charge in [0.05, 0.1) is 6.21 Å². The van der Waals surface area contributed by atoms with Crippen molar-refractivity contribution >= 4 is 45.3 Å². The van der Waals surface area contributed by atoms with E-state index in [1.165, 1.54) is 49.5 Å². The van der Waals surface area contributed by atoms with E-state index in [4.69, 9.17) is 9.92 Å². The summed E-state index contributed by atoms with van der Waals surface area (Å²) in [6.45, 7) is 1.36. The second-order valence-electron chi connectivity index (χ2n) is 5.05. The molecule has 0 saturated carbocycles. The number of amides is 1. The molecule has 1 amide bonds. The fourth-order valence-electron chi connectivity index (χ4n) is 1.90. The van der Waals surface area contributed by atoms with Gasteiger partial charge < -0.3 is 15.2 Å². The molecular weight excluding hydrogens is 376 g/mol. The molecule has 2 aromatic carbocycles. The summed E-state index contributed by atoms with van der Waals surface area (Å²) >= 11 is 4.62. The molecule has 0 spiro atoms. The Morgan fingerprint density at radius 3 is 2.54 bits per heavy atom. The molecule has 4 N–H and O–H groups in total. The van der Waals surface area contributed by atoms with Crippen LogP contribution in [-0.4, -0.2) is 25.7 Å². The van der Waals surface area contributed by atoms with Crippen molar-refractivity contribution < 1.29 is 17.4 Å². The predicted octanol–water partition coefficient (Wildman–Crippen LogP) is 1.58. The summed E-state index contributed by atoms with van der Waals surface area (Å²) in [7, 11) is -4.02. The molecule has 0 aliphatic carbocycles. The highest BCUT2D eigenvalue weighted by atomic mass is 32.2. The van der Waals surface area contributed by atoms with Crippen molar-refractivity contribution in [3.05, 3.63) is 54.1 Å². The Bertz CT molecular complexity index is 941. The Morgan fingerprint density at radius 2 is 1.92 bits per heavy atom. The lowest BCUT2D eigenvalue weighted by molar-refractivity contribution is -0.114. The van der Waals surface area contributed by atoms with Crippen molar-refractivity contribution in [3.63, 3.8) is 0 Å². The molecular formula is C16H16N4O4S2. The molecule has 2 aromatic rings. The number of hydrogen-bond acceptors (Lipinski definition) is 6. The van der Waals surface area contributed by atoms with Crippen molar-refractivity contribution in [1.82, 2.24) is 5.43 Å². The van der Waals surface area contributed by atoms with E-state index in [1.807, 2.05) is 0 Å². The molecule has 2 rings (SSSR count). The van der Waals surface area contributed by atoms with Gasteiger partial charge in [0.15, 0.2) is 5.11 Å². The summed E-state index contributed by atoms with van der Waals surface area (Å²) in [6, 6.07) is 12.0. The maximum absolute atomic E-state index is 12.4. The minimum Gasteiger partial charge on any atom is -0.379 e. The molecule has 0 aliphatic heterocycles. The average Bonchev–Trinajstić information content (AvgIpc) is 2.54. The minimum absolute atomic E-state index is 0.0129. The van der Waals surface area contributed by atoms with E-state index < -0.39 is 10.1 Å². The number of carbonyl (C=O) groups excluding carboxylic acids is 1. The minimum atomic E-state index is -4.02. The SMILES string of the molecule is CC(=O)Nc1ccc(S(=O)(=O)Oc2cccc(/C=N\NC(N)=S)c2)cc1. The molecule has 10 heteroatoms. The van der Waals surface area contributed by atoms with Gasteiger partial charge in [-0.05, 0) is 54.2 Å². The Labute approximate surface area is 156 Å². The summed E-state index contributed by atoms with van der Waals surface area (Å²) in [5, 5.41) is 6.36. The zero-order chi connectivity index (χ0) is 19.2. The summed E-state index contributed by atoms with van der Waals surface area (Å²) in [5.41, 5.74) is 8.72. The maximum atomic E-state index is 12.4. The normalized spacial score (nSPS) is 11.1. The maximum Gasteiger partial charge on any atom is 0.339 e. The average molecular weight is 392 g/mol. The third-order valence-corrected chi connectivity index (χ3v) is 4.27. The van der Waals surface area contributed by atoms with E-state index in [-0.39, 0.29) is 21.7 Å². The lowest BCUT2D eigenvalue weighted by atomic mass is 10.2.